The molecule has 0 aliphatic carbocycles. The van der Waals surface area contributed by atoms with E-state index in [0.29, 0.717) is 10.2 Å². The third-order valence-corrected chi connectivity index (χ3v) is 4.51. The number of ether oxygens (including phenoxy) is 1. The molecule has 1 heterocycles. The van der Waals surface area contributed by atoms with E-state index in [1.807, 2.05) is 0 Å². The molecule has 0 saturated heterocycles. The van der Waals surface area contributed by atoms with Gasteiger partial charge < -0.3 is 9.84 Å². The normalized spacial score (nSPS) is 10.5. The quantitative estimate of drug-likeness (QED) is 0.481. The second-order valence-electron chi connectivity index (χ2n) is 5.86. The van der Waals surface area contributed by atoms with Crippen LogP contribution in [0.15, 0.2) is 70.1 Å². The number of benzene rings is 2. The summed E-state index contributed by atoms with van der Waals surface area (Å²) in [6, 6.07) is 14.3. The number of hydrogen-bond donors (Lipinski definition) is 1. The molecule has 2 aromatic carbocycles. The van der Waals surface area contributed by atoms with Gasteiger partial charge in [0.15, 0.2) is 5.78 Å². The van der Waals surface area contributed by atoms with E-state index in [4.69, 9.17) is 4.74 Å². The lowest BCUT2D eigenvalue weighted by Gasteiger charge is -2.12. The minimum Gasteiger partial charge on any atom is -0.507 e. The Morgan fingerprint density at radius 1 is 1.07 bits per heavy atom. The van der Waals surface area contributed by atoms with Gasteiger partial charge in [-0.25, -0.2) is 4.79 Å². The van der Waals surface area contributed by atoms with Gasteiger partial charge >= 0.3 is 5.97 Å². The molecule has 1 aromatic heterocycles. The molecule has 0 bridgehead atoms. The molecule has 0 aliphatic heterocycles. The van der Waals surface area contributed by atoms with Crippen molar-refractivity contribution in [1.82, 2.24) is 4.57 Å². The number of esters is 1. The van der Waals surface area contributed by atoms with Crippen LogP contribution in [0, 0.1) is 0 Å². The molecule has 3 rings (SSSR count). The second kappa shape index (κ2) is 8.22. The zero-order valence-electron chi connectivity index (χ0n) is 14.9. The second-order valence-corrected chi connectivity index (χ2v) is 6.78. The van der Waals surface area contributed by atoms with Gasteiger partial charge in [-0.15, -0.1) is 0 Å². The van der Waals surface area contributed by atoms with Crippen molar-refractivity contribution in [3.63, 3.8) is 0 Å². The first-order valence-corrected chi connectivity index (χ1v) is 9.24. The predicted molar refractivity (Wildman–Crippen MR) is 107 cm³/mol. The number of hydrogen-bond acceptors (Lipinski definition) is 5. The topological polar surface area (TPSA) is 85.6 Å². The molecule has 0 spiro atoms. The monoisotopic (exact) mass is 441 g/mol. The molecule has 6 nitrogen and oxygen atoms in total. The standard InChI is InChI=1S/C21H16BrNO5/c1-2-28-21(27)17-10-13(19(25)16-11-14(22)8-9-18(16)24)12-23(20(17)26)15-6-4-3-5-7-15/h3-12,24H,2H2,1H3. The fourth-order valence-electron chi connectivity index (χ4n) is 2.69. The summed E-state index contributed by atoms with van der Waals surface area (Å²) < 4.78 is 6.79. The van der Waals surface area contributed by atoms with Gasteiger partial charge in [-0.3, -0.25) is 14.2 Å². The SMILES string of the molecule is CCOC(=O)c1cc(C(=O)c2cc(Br)ccc2O)cn(-c2ccccc2)c1=O. The Kier molecular flexibility index (Phi) is 5.75. The average Bonchev–Trinajstić information content (AvgIpc) is 2.70. The zero-order valence-corrected chi connectivity index (χ0v) is 16.5. The minimum atomic E-state index is -0.815. The highest BCUT2D eigenvalue weighted by Gasteiger charge is 2.21. The fourth-order valence-corrected chi connectivity index (χ4v) is 3.05. The molecular weight excluding hydrogens is 426 g/mol. The Hall–Kier alpha value is -3.19. The third kappa shape index (κ3) is 3.89. The number of para-hydroxylation sites is 1. The molecule has 0 saturated carbocycles. The Bertz CT molecular complexity index is 1110. The summed E-state index contributed by atoms with van der Waals surface area (Å²) in [6.45, 7) is 1.72. The number of nitrogens with zero attached hydrogens (tertiary/aromatic N) is 1. The van der Waals surface area contributed by atoms with Crippen molar-refractivity contribution in [3.05, 3.63) is 92.3 Å². The lowest BCUT2D eigenvalue weighted by atomic mass is 10.0. The largest absolute Gasteiger partial charge is 0.507 e. The first-order chi connectivity index (χ1) is 13.4. The Morgan fingerprint density at radius 2 is 1.79 bits per heavy atom. The summed E-state index contributed by atoms with van der Waals surface area (Å²) in [6.07, 6.45) is 1.35. The van der Waals surface area contributed by atoms with E-state index < -0.39 is 17.3 Å². The van der Waals surface area contributed by atoms with Gasteiger partial charge in [0.2, 0.25) is 0 Å². The Balaban J connectivity index is 2.22. The van der Waals surface area contributed by atoms with Gasteiger partial charge in [0, 0.05) is 21.9 Å². The number of carbonyl (C=O) groups excluding carboxylic acids is 2. The Labute approximate surface area is 169 Å². The first-order valence-electron chi connectivity index (χ1n) is 8.45. The number of phenolic OH excluding ortho intramolecular Hbond substituents is 1. The number of phenols is 1. The molecule has 7 heteroatoms. The van der Waals surface area contributed by atoms with Crippen LogP contribution in [0.4, 0.5) is 0 Å². The van der Waals surface area contributed by atoms with Crippen molar-refractivity contribution in [1.29, 1.82) is 0 Å². The molecule has 142 valence electrons. The van der Waals surface area contributed by atoms with Crippen molar-refractivity contribution in [2.24, 2.45) is 0 Å². The van der Waals surface area contributed by atoms with Crippen LogP contribution in [0.2, 0.25) is 0 Å². The molecule has 0 atom stereocenters. The number of ketones is 1. The summed E-state index contributed by atoms with van der Waals surface area (Å²) in [5, 5.41) is 10.1. The van der Waals surface area contributed by atoms with Crippen molar-refractivity contribution < 1.29 is 19.4 Å². The van der Waals surface area contributed by atoms with Crippen LogP contribution in [0.3, 0.4) is 0 Å². The highest BCUT2D eigenvalue weighted by atomic mass is 79.9. The lowest BCUT2D eigenvalue weighted by molar-refractivity contribution is 0.0524. The molecule has 28 heavy (non-hydrogen) atoms. The van der Waals surface area contributed by atoms with Crippen LogP contribution in [0.1, 0.15) is 33.2 Å². The molecule has 3 aromatic rings. The number of aromatic hydroxyl groups is 1. The van der Waals surface area contributed by atoms with Gasteiger partial charge in [0.1, 0.15) is 11.3 Å². The van der Waals surface area contributed by atoms with Crippen LogP contribution in [0.25, 0.3) is 5.69 Å². The van der Waals surface area contributed by atoms with Gasteiger partial charge in [0.05, 0.1) is 12.2 Å². The minimum absolute atomic E-state index is 0.0439. The number of rotatable bonds is 5. The van der Waals surface area contributed by atoms with Crippen LogP contribution in [-0.2, 0) is 4.74 Å². The highest BCUT2D eigenvalue weighted by Crippen LogP contribution is 2.25. The van der Waals surface area contributed by atoms with E-state index in [9.17, 15) is 19.5 Å². The van der Waals surface area contributed by atoms with Gasteiger partial charge in [-0.05, 0) is 43.3 Å². The summed E-state index contributed by atoms with van der Waals surface area (Å²) in [7, 11) is 0. The summed E-state index contributed by atoms with van der Waals surface area (Å²) in [5.74, 6) is -1.55. The van der Waals surface area contributed by atoms with Crippen molar-refractivity contribution >= 4 is 27.7 Å². The van der Waals surface area contributed by atoms with Crippen molar-refractivity contribution in [2.45, 2.75) is 6.92 Å². The van der Waals surface area contributed by atoms with Crippen LogP contribution < -0.4 is 5.56 Å². The molecular formula is C21H16BrNO5. The number of pyridine rings is 1. The number of carbonyl (C=O) groups is 2. The van der Waals surface area contributed by atoms with Crippen LogP contribution in [0.5, 0.6) is 5.75 Å². The first kappa shape index (κ1) is 19.6. The zero-order chi connectivity index (χ0) is 20.3. The van der Waals surface area contributed by atoms with Gasteiger partial charge in [-0.2, -0.15) is 0 Å². The average molecular weight is 442 g/mol. The summed E-state index contributed by atoms with van der Waals surface area (Å²) in [4.78, 5) is 38.1. The maximum absolute atomic E-state index is 13.0. The van der Waals surface area contributed by atoms with Gasteiger partial charge in [0.25, 0.3) is 5.56 Å². The molecule has 1 N–H and O–H groups in total. The predicted octanol–water partition coefficient (Wildman–Crippen LogP) is 3.71. The summed E-state index contributed by atoms with van der Waals surface area (Å²) in [5.41, 5.74) is -0.251. The maximum Gasteiger partial charge on any atom is 0.343 e. The van der Waals surface area contributed by atoms with Gasteiger partial charge in [-0.1, -0.05) is 34.1 Å². The maximum atomic E-state index is 13.0. The van der Waals surface area contributed by atoms with Crippen LogP contribution in [-0.4, -0.2) is 28.0 Å². The molecule has 0 unspecified atom stereocenters. The smallest absolute Gasteiger partial charge is 0.343 e. The highest BCUT2D eigenvalue weighted by molar-refractivity contribution is 9.10. The van der Waals surface area contributed by atoms with Crippen molar-refractivity contribution in [3.8, 4) is 11.4 Å². The van der Waals surface area contributed by atoms with Crippen molar-refractivity contribution in [2.75, 3.05) is 6.61 Å². The fraction of sp³-hybridized carbons (Fsp3) is 0.0952. The Morgan fingerprint density at radius 3 is 2.46 bits per heavy atom. The molecule has 0 fully saturated rings. The molecule has 0 amide bonds. The van der Waals surface area contributed by atoms with E-state index >= 15 is 0 Å². The van der Waals surface area contributed by atoms with E-state index in [2.05, 4.69) is 15.9 Å². The number of aromatic nitrogens is 1. The van der Waals surface area contributed by atoms with Crippen LogP contribution >= 0.6 is 15.9 Å². The van der Waals surface area contributed by atoms with E-state index in [1.165, 1.54) is 29.0 Å². The summed E-state index contributed by atoms with van der Waals surface area (Å²) >= 11 is 3.27. The number of halogens is 1. The van der Waals surface area contributed by atoms with E-state index in [-0.39, 0.29) is 29.0 Å². The molecule has 0 aliphatic rings. The third-order valence-electron chi connectivity index (χ3n) is 4.01. The lowest BCUT2D eigenvalue weighted by Crippen LogP contribution is -2.27. The van der Waals surface area contributed by atoms with E-state index in [0.717, 1.165) is 0 Å². The molecule has 0 radical (unpaired) electrons. The van der Waals surface area contributed by atoms with E-state index in [1.54, 1.807) is 43.3 Å².